The molecule has 11 heteroatoms. The highest BCUT2D eigenvalue weighted by molar-refractivity contribution is 7.70. The van der Waals surface area contributed by atoms with E-state index in [-0.39, 0.29) is 43.7 Å². The van der Waals surface area contributed by atoms with Crippen LogP contribution in [0.2, 0.25) is 0 Å². The summed E-state index contributed by atoms with van der Waals surface area (Å²) in [7, 11) is -2.82. The van der Waals surface area contributed by atoms with Gasteiger partial charge in [0.25, 0.3) is 0 Å². The Morgan fingerprint density at radius 3 is 2.56 bits per heavy atom. The fourth-order valence-electron chi connectivity index (χ4n) is 3.20. The molecule has 3 aromatic rings. The fraction of sp³-hybridized carbons (Fsp3) is 0.238. The van der Waals surface area contributed by atoms with Gasteiger partial charge in [-0.2, -0.15) is 0 Å². The molecule has 0 aliphatic carbocycles. The van der Waals surface area contributed by atoms with Crippen LogP contribution in [-0.2, 0) is 17.3 Å². The molecule has 0 fully saturated rings. The molecular formula is C21H20F3N3O4S. The van der Waals surface area contributed by atoms with Crippen LogP contribution in [0.15, 0.2) is 36.5 Å². The summed E-state index contributed by atoms with van der Waals surface area (Å²) < 4.78 is 66.6. The zero-order valence-corrected chi connectivity index (χ0v) is 17.6. The molecule has 0 atom stereocenters. The van der Waals surface area contributed by atoms with Crippen molar-refractivity contribution in [3.8, 4) is 0 Å². The summed E-state index contributed by atoms with van der Waals surface area (Å²) >= 11 is 0. The number of nitrogens with zero attached hydrogens (tertiary/aromatic N) is 1. The number of hydrogen-bond donors (Lipinski definition) is 4. The van der Waals surface area contributed by atoms with E-state index in [2.05, 4.69) is 15.0 Å². The van der Waals surface area contributed by atoms with Crippen LogP contribution in [0.1, 0.15) is 27.9 Å². The maximum Gasteiger partial charge on any atom is 0.201 e. The molecule has 3 N–H and O–H groups in total. The Morgan fingerprint density at radius 2 is 1.84 bits per heavy atom. The molecule has 2 aromatic carbocycles. The van der Waals surface area contributed by atoms with Crippen molar-refractivity contribution in [3.05, 3.63) is 70.7 Å². The lowest BCUT2D eigenvalue weighted by Crippen LogP contribution is -2.15. The largest absolute Gasteiger partial charge is 0.395 e. The number of nitrogens with one attached hydrogen (secondary N) is 2. The number of carbonyl (C=O) groups is 1. The van der Waals surface area contributed by atoms with Gasteiger partial charge in [-0.3, -0.25) is 9.78 Å². The summed E-state index contributed by atoms with van der Waals surface area (Å²) in [6.07, 6.45) is 1.57. The van der Waals surface area contributed by atoms with Gasteiger partial charge in [0.1, 0.15) is 5.82 Å². The number of halogens is 3. The van der Waals surface area contributed by atoms with Gasteiger partial charge in [0.05, 0.1) is 29.6 Å². The third-order valence-electron chi connectivity index (χ3n) is 4.71. The summed E-state index contributed by atoms with van der Waals surface area (Å²) in [6.45, 7) is 0.183. The van der Waals surface area contributed by atoms with Crippen molar-refractivity contribution in [2.75, 3.05) is 25.0 Å². The lowest BCUT2D eigenvalue weighted by molar-refractivity contribution is 0.102. The van der Waals surface area contributed by atoms with E-state index in [1.54, 1.807) is 6.07 Å². The van der Waals surface area contributed by atoms with Gasteiger partial charge >= 0.3 is 0 Å². The predicted molar refractivity (Wildman–Crippen MR) is 114 cm³/mol. The monoisotopic (exact) mass is 467 g/mol. The van der Waals surface area contributed by atoms with E-state index < -0.39 is 39.7 Å². The Hall–Kier alpha value is -3.02. The number of anilines is 1. The van der Waals surface area contributed by atoms with Crippen LogP contribution in [0.3, 0.4) is 0 Å². The fourth-order valence-corrected chi connectivity index (χ4v) is 3.54. The minimum atomic E-state index is -2.82. The second-order valence-corrected chi connectivity index (χ2v) is 7.73. The normalized spacial score (nSPS) is 11.3. The predicted octanol–water partition coefficient (Wildman–Crippen LogP) is 2.34. The maximum absolute atomic E-state index is 14.9. The first-order chi connectivity index (χ1) is 15.3. The molecule has 1 aromatic heterocycles. The number of rotatable bonds is 10. The SMILES string of the molecule is O=C(c1ccc2ncc(NCCO)cc2c1)c1c(F)c(F)cc(CCCN[SH](=O)=O)c1F. The van der Waals surface area contributed by atoms with E-state index in [1.807, 2.05) is 0 Å². The minimum Gasteiger partial charge on any atom is -0.395 e. The van der Waals surface area contributed by atoms with Crippen LogP contribution >= 0.6 is 0 Å². The van der Waals surface area contributed by atoms with E-state index in [0.29, 0.717) is 22.7 Å². The first kappa shape index (κ1) is 23.6. The van der Waals surface area contributed by atoms with Crippen LogP contribution in [0.4, 0.5) is 18.9 Å². The van der Waals surface area contributed by atoms with Crippen molar-refractivity contribution < 1.29 is 31.5 Å². The summed E-state index contributed by atoms with van der Waals surface area (Å²) in [5.74, 6) is -5.17. The first-order valence-electron chi connectivity index (χ1n) is 9.65. The molecule has 7 nitrogen and oxygen atoms in total. The van der Waals surface area contributed by atoms with Gasteiger partial charge in [0.15, 0.2) is 17.4 Å². The minimum absolute atomic E-state index is 0.00918. The highest BCUT2D eigenvalue weighted by atomic mass is 32.2. The lowest BCUT2D eigenvalue weighted by Gasteiger charge is -2.11. The Labute approximate surface area is 183 Å². The van der Waals surface area contributed by atoms with E-state index in [4.69, 9.17) is 5.11 Å². The van der Waals surface area contributed by atoms with E-state index in [9.17, 15) is 26.4 Å². The Balaban J connectivity index is 1.94. The van der Waals surface area contributed by atoms with Gasteiger partial charge in [-0.1, -0.05) is 0 Å². The number of carbonyl (C=O) groups excluding carboxylic acids is 1. The lowest BCUT2D eigenvalue weighted by atomic mass is 9.96. The topological polar surface area (TPSA) is 108 Å². The van der Waals surface area contributed by atoms with E-state index in [0.717, 1.165) is 0 Å². The highest BCUT2D eigenvalue weighted by Crippen LogP contribution is 2.26. The standard InChI is InChI=1S/C21H20F3N3O4S/c22-16-10-12(2-1-5-27-32(30)31)19(23)18(20(16)24)21(29)13-3-4-17-14(8-13)9-15(11-26-17)25-6-7-28/h3-4,8-11,25,28,32H,1-2,5-7H2,(H,27,30,31). The van der Waals surface area contributed by atoms with Crippen molar-refractivity contribution in [1.29, 1.82) is 0 Å². The summed E-state index contributed by atoms with van der Waals surface area (Å²) in [4.78, 5) is 17.1. The second kappa shape index (κ2) is 10.5. The van der Waals surface area contributed by atoms with Gasteiger partial charge in [0, 0.05) is 24.0 Å². The van der Waals surface area contributed by atoms with Crippen LogP contribution in [0, 0.1) is 17.5 Å². The summed E-state index contributed by atoms with van der Waals surface area (Å²) in [6, 6.07) is 6.57. The average molecular weight is 467 g/mol. The van der Waals surface area contributed by atoms with Crippen LogP contribution < -0.4 is 10.0 Å². The molecule has 0 unspecified atom stereocenters. The molecule has 0 aliphatic heterocycles. The van der Waals surface area contributed by atoms with Gasteiger partial charge in [-0.05, 0) is 48.7 Å². The molecular weight excluding hydrogens is 447 g/mol. The van der Waals surface area contributed by atoms with Crippen LogP contribution in [0.25, 0.3) is 10.9 Å². The number of aliphatic hydroxyl groups excluding tert-OH is 1. The number of benzene rings is 2. The van der Waals surface area contributed by atoms with Crippen molar-refractivity contribution in [2.24, 2.45) is 0 Å². The maximum atomic E-state index is 14.9. The third-order valence-corrected chi connectivity index (χ3v) is 5.19. The molecule has 32 heavy (non-hydrogen) atoms. The summed E-state index contributed by atoms with van der Waals surface area (Å²) in [5.41, 5.74) is -0.188. The number of fused-ring (bicyclic) bond motifs is 1. The molecule has 0 bridgehead atoms. The number of aryl methyl sites for hydroxylation is 1. The van der Waals surface area contributed by atoms with E-state index >= 15 is 0 Å². The number of ketones is 1. The van der Waals surface area contributed by atoms with Crippen molar-refractivity contribution in [1.82, 2.24) is 9.71 Å². The quantitative estimate of drug-likeness (QED) is 0.158. The molecule has 0 radical (unpaired) electrons. The number of thiol groups is 1. The zero-order chi connectivity index (χ0) is 23.3. The molecule has 0 amide bonds. The van der Waals surface area contributed by atoms with Crippen molar-refractivity contribution in [3.63, 3.8) is 0 Å². The third kappa shape index (κ3) is 5.42. The molecule has 3 rings (SSSR count). The molecule has 0 saturated heterocycles. The molecule has 0 aliphatic rings. The number of hydrogen-bond acceptors (Lipinski definition) is 6. The number of aliphatic hydroxyl groups is 1. The Kier molecular flexibility index (Phi) is 7.78. The van der Waals surface area contributed by atoms with Gasteiger partial charge in [0.2, 0.25) is 10.9 Å². The van der Waals surface area contributed by atoms with Gasteiger partial charge in [-0.15, -0.1) is 0 Å². The number of pyridine rings is 1. The Bertz CT molecular complexity index is 1230. The molecule has 0 saturated carbocycles. The van der Waals surface area contributed by atoms with Gasteiger partial charge < -0.3 is 10.4 Å². The van der Waals surface area contributed by atoms with Crippen LogP contribution in [-0.4, -0.2) is 44.0 Å². The number of aromatic nitrogens is 1. The van der Waals surface area contributed by atoms with E-state index in [1.165, 1.54) is 24.4 Å². The zero-order valence-electron chi connectivity index (χ0n) is 16.7. The van der Waals surface area contributed by atoms with Crippen molar-refractivity contribution >= 4 is 33.3 Å². The molecule has 170 valence electrons. The second-order valence-electron chi connectivity index (χ2n) is 6.90. The molecule has 1 heterocycles. The van der Waals surface area contributed by atoms with Gasteiger partial charge in [-0.25, -0.2) is 26.3 Å². The van der Waals surface area contributed by atoms with Crippen molar-refractivity contribution in [2.45, 2.75) is 12.8 Å². The van der Waals surface area contributed by atoms with Crippen LogP contribution in [0.5, 0.6) is 0 Å². The Morgan fingerprint density at radius 1 is 1.06 bits per heavy atom. The molecule has 0 spiro atoms. The smallest absolute Gasteiger partial charge is 0.201 e. The first-order valence-corrected chi connectivity index (χ1v) is 10.8. The summed E-state index contributed by atoms with van der Waals surface area (Å²) in [5, 5.41) is 12.3. The average Bonchev–Trinajstić information content (AvgIpc) is 2.77. The highest BCUT2D eigenvalue weighted by Gasteiger charge is 2.25.